The fourth-order valence-electron chi connectivity index (χ4n) is 7.71. The Balaban J connectivity index is 1.41. The van der Waals surface area contributed by atoms with Crippen LogP contribution >= 0.6 is 0 Å². The highest BCUT2D eigenvalue weighted by Gasteiger charge is 2.28. The van der Waals surface area contributed by atoms with Gasteiger partial charge in [0.15, 0.2) is 11.5 Å². The predicted molar refractivity (Wildman–Crippen MR) is 192 cm³/mol. The van der Waals surface area contributed by atoms with Crippen molar-refractivity contribution in [3.63, 3.8) is 0 Å². The quantitative estimate of drug-likeness (QED) is 0.0765. The van der Waals surface area contributed by atoms with E-state index in [1.807, 2.05) is 54.6 Å². The molecule has 0 aliphatic heterocycles. The standard InChI is InChI=1S/C43H28O5/c44-39-38(40(45)42(47)43(48)41(39)46)37-32-17-7-5-15-30(32)36(31-16-6-8-18-33(31)37)34-22-26(21-23-10-1-3-13-27(23)34)29-19-9-12-25-20-24-11-2-4-14-28(24)35(25)29/h1-19,21-22,44-48H,20H2. The smallest absolute Gasteiger partial charge is 0.208 e. The van der Waals surface area contributed by atoms with E-state index in [1.54, 1.807) is 0 Å². The second-order valence-corrected chi connectivity index (χ2v) is 12.4. The molecule has 0 radical (unpaired) electrons. The molecule has 1 aliphatic carbocycles. The molecule has 48 heavy (non-hydrogen) atoms. The van der Waals surface area contributed by atoms with Crippen LogP contribution in [0.1, 0.15) is 11.1 Å². The maximum atomic E-state index is 11.1. The molecule has 0 unspecified atom stereocenters. The molecule has 0 spiro atoms. The van der Waals surface area contributed by atoms with Crippen LogP contribution in [0.15, 0.2) is 127 Å². The summed E-state index contributed by atoms with van der Waals surface area (Å²) in [5, 5.41) is 58.7. The molecule has 0 fully saturated rings. The first-order chi connectivity index (χ1) is 23.4. The number of benzene rings is 8. The molecule has 0 saturated carbocycles. The number of hydrogen-bond acceptors (Lipinski definition) is 5. The van der Waals surface area contributed by atoms with Crippen molar-refractivity contribution in [2.75, 3.05) is 0 Å². The Morgan fingerprint density at radius 3 is 1.50 bits per heavy atom. The van der Waals surface area contributed by atoms with E-state index in [-0.39, 0.29) is 5.56 Å². The number of phenolic OH excluding ortho intramolecular Hbond substituents is 5. The van der Waals surface area contributed by atoms with Gasteiger partial charge in [-0.15, -0.1) is 0 Å². The van der Waals surface area contributed by atoms with Crippen LogP contribution in [0.2, 0.25) is 0 Å². The second-order valence-electron chi connectivity index (χ2n) is 12.4. The highest BCUT2D eigenvalue weighted by atomic mass is 16.4. The Bertz CT molecular complexity index is 2570. The third-order valence-electron chi connectivity index (χ3n) is 9.81. The predicted octanol–water partition coefficient (Wildman–Crippen LogP) is 10.2. The molecule has 0 aromatic heterocycles. The second kappa shape index (κ2) is 10.3. The molecule has 9 rings (SSSR count). The van der Waals surface area contributed by atoms with E-state index in [4.69, 9.17) is 0 Å². The summed E-state index contributed by atoms with van der Waals surface area (Å²) >= 11 is 0. The van der Waals surface area contributed by atoms with Crippen molar-refractivity contribution in [1.29, 1.82) is 0 Å². The number of hydrogen-bond donors (Lipinski definition) is 5. The van der Waals surface area contributed by atoms with Gasteiger partial charge in [0, 0.05) is 5.56 Å². The lowest BCUT2D eigenvalue weighted by atomic mass is 9.83. The molecule has 5 N–H and O–H groups in total. The monoisotopic (exact) mass is 624 g/mol. The Morgan fingerprint density at radius 2 is 0.833 bits per heavy atom. The van der Waals surface area contributed by atoms with Crippen LogP contribution in [0.3, 0.4) is 0 Å². The van der Waals surface area contributed by atoms with Crippen molar-refractivity contribution in [3.8, 4) is 73.3 Å². The van der Waals surface area contributed by atoms with Crippen molar-refractivity contribution >= 4 is 32.3 Å². The Hall–Kier alpha value is -6.46. The third-order valence-corrected chi connectivity index (χ3v) is 9.81. The van der Waals surface area contributed by atoms with Crippen LogP contribution in [-0.2, 0) is 6.42 Å². The topological polar surface area (TPSA) is 101 Å². The highest BCUT2D eigenvalue weighted by Crippen LogP contribution is 2.58. The zero-order valence-electron chi connectivity index (χ0n) is 25.6. The summed E-state index contributed by atoms with van der Waals surface area (Å²) < 4.78 is 0. The minimum Gasteiger partial charge on any atom is -0.504 e. The van der Waals surface area contributed by atoms with Gasteiger partial charge in [-0.25, -0.2) is 0 Å². The van der Waals surface area contributed by atoms with Gasteiger partial charge < -0.3 is 25.5 Å². The maximum absolute atomic E-state index is 11.1. The first-order valence-electron chi connectivity index (χ1n) is 15.8. The molecule has 230 valence electrons. The van der Waals surface area contributed by atoms with Crippen LogP contribution in [0.5, 0.6) is 28.7 Å². The first kappa shape index (κ1) is 27.8. The van der Waals surface area contributed by atoms with Crippen LogP contribution in [0.4, 0.5) is 0 Å². The summed E-state index contributed by atoms with van der Waals surface area (Å²) in [5.74, 6) is -4.26. The van der Waals surface area contributed by atoms with Gasteiger partial charge in [0.25, 0.3) is 0 Å². The van der Waals surface area contributed by atoms with Gasteiger partial charge in [0.2, 0.25) is 17.2 Å². The summed E-state index contributed by atoms with van der Waals surface area (Å²) in [4.78, 5) is 0. The summed E-state index contributed by atoms with van der Waals surface area (Å²) in [7, 11) is 0. The summed E-state index contributed by atoms with van der Waals surface area (Å²) in [6.07, 6.45) is 0.901. The van der Waals surface area contributed by atoms with Crippen molar-refractivity contribution in [1.82, 2.24) is 0 Å². The molecule has 0 amide bonds. The third kappa shape index (κ3) is 3.85. The minimum atomic E-state index is -0.989. The Morgan fingerprint density at radius 1 is 0.333 bits per heavy atom. The van der Waals surface area contributed by atoms with Gasteiger partial charge in [-0.05, 0) is 95.4 Å². The number of fused-ring (bicyclic) bond motifs is 6. The molecule has 8 aromatic carbocycles. The highest BCUT2D eigenvalue weighted by molar-refractivity contribution is 6.25. The average Bonchev–Trinajstić information content (AvgIpc) is 3.51. The lowest BCUT2D eigenvalue weighted by Crippen LogP contribution is -1.94. The molecule has 0 heterocycles. The summed E-state index contributed by atoms with van der Waals surface area (Å²) in [6.45, 7) is 0. The molecule has 0 saturated heterocycles. The molecule has 5 heteroatoms. The van der Waals surface area contributed by atoms with Crippen LogP contribution in [0, 0.1) is 0 Å². The molecule has 0 atom stereocenters. The van der Waals surface area contributed by atoms with E-state index < -0.39 is 28.7 Å². The van der Waals surface area contributed by atoms with E-state index >= 15 is 0 Å². The van der Waals surface area contributed by atoms with Gasteiger partial charge in [0.05, 0.1) is 5.56 Å². The van der Waals surface area contributed by atoms with E-state index in [9.17, 15) is 25.5 Å². The number of aromatic hydroxyl groups is 5. The molecular formula is C43H28O5. The van der Waals surface area contributed by atoms with Crippen molar-refractivity contribution in [3.05, 3.63) is 139 Å². The number of phenols is 5. The van der Waals surface area contributed by atoms with E-state index in [1.165, 1.54) is 27.8 Å². The molecular weight excluding hydrogens is 596 g/mol. The SMILES string of the molecule is Oc1c(O)c(O)c(-c2c3ccccc3c(-c3cc(-c4cccc5c4-c4ccccc4C5)cc4ccccc34)c3ccccc23)c(O)c1O. The normalized spacial score (nSPS) is 12.1. The molecule has 0 bridgehead atoms. The van der Waals surface area contributed by atoms with E-state index in [2.05, 4.69) is 72.8 Å². The van der Waals surface area contributed by atoms with Crippen molar-refractivity contribution in [2.45, 2.75) is 6.42 Å². The zero-order chi connectivity index (χ0) is 32.7. The molecule has 1 aliphatic rings. The lowest BCUT2D eigenvalue weighted by molar-refractivity contribution is 0.330. The van der Waals surface area contributed by atoms with Crippen LogP contribution < -0.4 is 0 Å². The number of rotatable bonds is 3. The minimum absolute atomic E-state index is 0.168. The fourth-order valence-corrected chi connectivity index (χ4v) is 7.71. The van der Waals surface area contributed by atoms with Gasteiger partial charge in [-0.3, -0.25) is 0 Å². The van der Waals surface area contributed by atoms with Gasteiger partial charge in [0.1, 0.15) is 0 Å². The summed E-state index contributed by atoms with van der Waals surface area (Å²) in [5.41, 5.74) is 9.67. The fraction of sp³-hybridized carbons (Fsp3) is 0.0233. The zero-order valence-corrected chi connectivity index (χ0v) is 25.6. The van der Waals surface area contributed by atoms with E-state index in [0.29, 0.717) is 16.3 Å². The summed E-state index contributed by atoms with van der Waals surface area (Å²) in [6, 6.07) is 43.5. The Kier molecular flexibility index (Phi) is 5.95. The van der Waals surface area contributed by atoms with Crippen molar-refractivity contribution in [2.24, 2.45) is 0 Å². The van der Waals surface area contributed by atoms with Crippen LogP contribution in [-0.4, -0.2) is 25.5 Å². The largest absolute Gasteiger partial charge is 0.504 e. The maximum Gasteiger partial charge on any atom is 0.208 e. The van der Waals surface area contributed by atoms with Crippen LogP contribution in [0.25, 0.3) is 76.8 Å². The first-order valence-corrected chi connectivity index (χ1v) is 15.8. The average molecular weight is 625 g/mol. The van der Waals surface area contributed by atoms with Gasteiger partial charge >= 0.3 is 0 Å². The molecule has 5 nitrogen and oxygen atoms in total. The van der Waals surface area contributed by atoms with E-state index in [0.717, 1.165) is 44.7 Å². The lowest BCUT2D eigenvalue weighted by Gasteiger charge is -2.21. The van der Waals surface area contributed by atoms with Gasteiger partial charge in [-0.2, -0.15) is 0 Å². The molecule has 8 aromatic rings. The van der Waals surface area contributed by atoms with Gasteiger partial charge in [-0.1, -0.05) is 115 Å². The Labute approximate surface area is 275 Å². The van der Waals surface area contributed by atoms with Crippen molar-refractivity contribution < 1.29 is 25.5 Å².